The maximum atomic E-state index is 15.0. The molecule has 1 fully saturated rings. The molecule has 4 heteroatoms. The molecule has 33 heavy (non-hydrogen) atoms. The fourth-order valence-electron chi connectivity index (χ4n) is 4.46. The number of aryl methyl sites for hydroxylation is 1. The summed E-state index contributed by atoms with van der Waals surface area (Å²) in [7, 11) is 0. The molecule has 0 saturated carbocycles. The average Bonchev–Trinajstić information content (AvgIpc) is 2.83. The minimum Gasteiger partial charge on any atom is -0.373 e. The third-order valence-electron chi connectivity index (χ3n) is 6.49. The molecule has 0 bridgehead atoms. The number of halogens is 3. The topological polar surface area (TPSA) is 9.23 Å². The van der Waals surface area contributed by atoms with Gasteiger partial charge in [-0.3, -0.25) is 0 Å². The Hall–Kier alpha value is -2.85. The van der Waals surface area contributed by atoms with Gasteiger partial charge in [-0.05, 0) is 73.8 Å². The van der Waals surface area contributed by atoms with Crippen molar-refractivity contribution in [2.45, 2.75) is 45.6 Å². The van der Waals surface area contributed by atoms with E-state index < -0.39 is 11.6 Å². The molecule has 2 unspecified atom stereocenters. The summed E-state index contributed by atoms with van der Waals surface area (Å²) in [6.45, 7) is 4.27. The first-order valence-electron chi connectivity index (χ1n) is 11.6. The fraction of sp³-hybridized carbons (Fsp3) is 0.310. The number of ether oxygens (including phenoxy) is 1. The van der Waals surface area contributed by atoms with Gasteiger partial charge in [-0.1, -0.05) is 60.7 Å². The van der Waals surface area contributed by atoms with Crippen LogP contribution in [0.5, 0.6) is 0 Å². The Morgan fingerprint density at radius 2 is 1.58 bits per heavy atom. The Labute approximate surface area is 193 Å². The van der Waals surface area contributed by atoms with E-state index in [0.717, 1.165) is 31.2 Å². The van der Waals surface area contributed by atoms with Crippen molar-refractivity contribution in [3.8, 4) is 22.3 Å². The lowest BCUT2D eigenvalue weighted by Gasteiger charge is -2.29. The van der Waals surface area contributed by atoms with Gasteiger partial charge < -0.3 is 4.74 Å². The van der Waals surface area contributed by atoms with E-state index in [2.05, 4.69) is 12.2 Å². The van der Waals surface area contributed by atoms with Gasteiger partial charge in [0.05, 0.1) is 12.7 Å². The van der Waals surface area contributed by atoms with Crippen LogP contribution in [-0.2, 0) is 4.74 Å². The van der Waals surface area contributed by atoms with E-state index in [-0.39, 0.29) is 23.0 Å². The van der Waals surface area contributed by atoms with Gasteiger partial charge in [0.15, 0.2) is 11.6 Å². The quantitative estimate of drug-likeness (QED) is 0.342. The van der Waals surface area contributed by atoms with Crippen LogP contribution in [0.3, 0.4) is 0 Å². The second-order valence-electron chi connectivity index (χ2n) is 8.79. The van der Waals surface area contributed by atoms with Gasteiger partial charge in [0.25, 0.3) is 0 Å². The van der Waals surface area contributed by atoms with Crippen LogP contribution >= 0.6 is 0 Å². The average molecular weight is 451 g/mol. The molecule has 1 saturated heterocycles. The third-order valence-corrected chi connectivity index (χ3v) is 6.49. The standard InChI is InChI=1S/C29H29F3O/c1-3-4-5-6-20-8-16-27(33-18-20)23-13-15-24(26(30)17-23)21-9-11-22(12-10-21)25-14-7-19(2)28(31)29(25)32/h3-4,7,9-15,17,20,27H,5-6,8,16,18H2,1-2H3. The van der Waals surface area contributed by atoms with Gasteiger partial charge in [0.2, 0.25) is 0 Å². The summed E-state index contributed by atoms with van der Waals surface area (Å²) in [6, 6.07) is 15.2. The highest BCUT2D eigenvalue weighted by atomic mass is 19.2. The van der Waals surface area contributed by atoms with Crippen LogP contribution in [0.2, 0.25) is 0 Å². The molecule has 1 nitrogen and oxygen atoms in total. The summed E-state index contributed by atoms with van der Waals surface area (Å²) < 4.78 is 49.3. The van der Waals surface area contributed by atoms with E-state index in [9.17, 15) is 13.2 Å². The van der Waals surface area contributed by atoms with Crippen molar-refractivity contribution in [1.29, 1.82) is 0 Å². The molecule has 0 N–H and O–H groups in total. The molecule has 172 valence electrons. The van der Waals surface area contributed by atoms with Gasteiger partial charge in [-0.2, -0.15) is 0 Å². The van der Waals surface area contributed by atoms with Gasteiger partial charge in [0.1, 0.15) is 5.82 Å². The van der Waals surface area contributed by atoms with Crippen molar-refractivity contribution < 1.29 is 17.9 Å². The van der Waals surface area contributed by atoms with Crippen molar-refractivity contribution in [2.75, 3.05) is 6.61 Å². The van der Waals surface area contributed by atoms with E-state index in [0.29, 0.717) is 29.2 Å². The zero-order chi connectivity index (χ0) is 23.4. The molecule has 0 amide bonds. The van der Waals surface area contributed by atoms with Crippen molar-refractivity contribution in [3.63, 3.8) is 0 Å². The van der Waals surface area contributed by atoms with E-state index in [1.54, 1.807) is 48.5 Å². The molecule has 0 radical (unpaired) electrons. The van der Waals surface area contributed by atoms with Crippen molar-refractivity contribution in [1.82, 2.24) is 0 Å². The van der Waals surface area contributed by atoms with Crippen LogP contribution in [0.4, 0.5) is 13.2 Å². The van der Waals surface area contributed by atoms with Gasteiger partial charge >= 0.3 is 0 Å². The first-order chi connectivity index (χ1) is 16.0. The summed E-state index contributed by atoms with van der Waals surface area (Å²) in [5, 5.41) is 0. The predicted molar refractivity (Wildman–Crippen MR) is 127 cm³/mol. The third kappa shape index (κ3) is 5.22. The second kappa shape index (κ2) is 10.4. The van der Waals surface area contributed by atoms with Crippen LogP contribution < -0.4 is 0 Å². The highest BCUT2D eigenvalue weighted by Gasteiger charge is 2.23. The fourth-order valence-corrected chi connectivity index (χ4v) is 4.46. The van der Waals surface area contributed by atoms with Crippen LogP contribution in [0.15, 0.2) is 66.7 Å². The molecular formula is C29H29F3O. The minimum absolute atomic E-state index is 0.0756. The molecular weight excluding hydrogens is 421 g/mol. The van der Waals surface area contributed by atoms with E-state index in [4.69, 9.17) is 4.74 Å². The van der Waals surface area contributed by atoms with Crippen molar-refractivity contribution in [3.05, 3.63) is 95.3 Å². The molecule has 3 aromatic carbocycles. The van der Waals surface area contributed by atoms with E-state index in [1.807, 2.05) is 13.0 Å². The Kier molecular flexibility index (Phi) is 7.34. The SMILES string of the molecule is CC=CCCC1CCC(c2ccc(-c3ccc(-c4ccc(C)c(F)c4F)cc3)c(F)c2)OC1. The molecule has 4 rings (SSSR count). The first-order valence-corrected chi connectivity index (χ1v) is 11.6. The lowest BCUT2D eigenvalue weighted by Crippen LogP contribution is -2.20. The number of allylic oxidation sites excluding steroid dienone is 2. The molecule has 0 spiro atoms. The van der Waals surface area contributed by atoms with Gasteiger partial charge in [-0.25, -0.2) is 13.2 Å². The number of benzene rings is 3. The molecule has 0 aliphatic carbocycles. The van der Waals surface area contributed by atoms with Crippen LogP contribution in [0.1, 0.15) is 49.8 Å². The maximum absolute atomic E-state index is 15.0. The lowest BCUT2D eigenvalue weighted by molar-refractivity contribution is -0.0191. The first kappa shape index (κ1) is 23.3. The van der Waals surface area contributed by atoms with Crippen molar-refractivity contribution in [2.24, 2.45) is 5.92 Å². The van der Waals surface area contributed by atoms with E-state index in [1.165, 1.54) is 6.92 Å². The molecule has 0 aromatic heterocycles. The highest BCUT2D eigenvalue weighted by molar-refractivity contribution is 5.71. The summed E-state index contributed by atoms with van der Waals surface area (Å²) in [5.74, 6) is -1.46. The number of hydrogen-bond donors (Lipinski definition) is 0. The summed E-state index contributed by atoms with van der Waals surface area (Å²) >= 11 is 0. The Morgan fingerprint density at radius 1 is 0.879 bits per heavy atom. The number of rotatable bonds is 6. The Balaban J connectivity index is 1.46. The predicted octanol–water partition coefficient (Wildman–Crippen LogP) is 8.57. The Bertz CT molecular complexity index is 1130. The van der Waals surface area contributed by atoms with Crippen molar-refractivity contribution >= 4 is 0 Å². The largest absolute Gasteiger partial charge is 0.373 e. The van der Waals surface area contributed by atoms with Crippen LogP contribution in [0.25, 0.3) is 22.3 Å². The molecule has 1 aliphatic rings. The normalized spacial score (nSPS) is 18.7. The Morgan fingerprint density at radius 3 is 2.21 bits per heavy atom. The van der Waals surface area contributed by atoms with E-state index >= 15 is 0 Å². The monoisotopic (exact) mass is 450 g/mol. The van der Waals surface area contributed by atoms with Gasteiger partial charge in [0, 0.05) is 11.1 Å². The smallest absolute Gasteiger partial charge is 0.166 e. The molecule has 2 atom stereocenters. The van der Waals surface area contributed by atoms with Gasteiger partial charge in [-0.15, -0.1) is 0 Å². The zero-order valence-electron chi connectivity index (χ0n) is 19.1. The lowest BCUT2D eigenvalue weighted by atomic mass is 9.90. The summed E-state index contributed by atoms with van der Waals surface area (Å²) in [4.78, 5) is 0. The summed E-state index contributed by atoms with van der Waals surface area (Å²) in [6.07, 6.45) is 8.36. The molecule has 3 aromatic rings. The molecule has 1 heterocycles. The van der Waals surface area contributed by atoms with Crippen LogP contribution in [-0.4, -0.2) is 6.61 Å². The minimum atomic E-state index is -0.866. The summed E-state index contributed by atoms with van der Waals surface area (Å²) in [5.41, 5.74) is 3.02. The number of hydrogen-bond acceptors (Lipinski definition) is 1. The van der Waals surface area contributed by atoms with Crippen LogP contribution in [0, 0.1) is 30.3 Å². The second-order valence-corrected chi connectivity index (χ2v) is 8.79. The molecule has 1 aliphatic heterocycles. The highest BCUT2D eigenvalue weighted by Crippen LogP contribution is 2.35. The zero-order valence-corrected chi connectivity index (χ0v) is 19.1. The maximum Gasteiger partial charge on any atom is 0.166 e.